The van der Waals surface area contributed by atoms with Crippen molar-refractivity contribution < 1.29 is 0 Å². The summed E-state index contributed by atoms with van der Waals surface area (Å²) >= 11 is 1.59. The maximum Gasteiger partial charge on any atom is 0.0800 e. The third-order valence-corrected chi connectivity index (χ3v) is 4.55. The molecule has 1 aliphatic rings. The van der Waals surface area contributed by atoms with Crippen molar-refractivity contribution in [2.75, 3.05) is 6.54 Å². The summed E-state index contributed by atoms with van der Waals surface area (Å²) in [6.45, 7) is 5.48. The zero-order chi connectivity index (χ0) is 12.1. The monoisotopic (exact) mass is 253 g/mol. The minimum atomic E-state index is 0.496. The molecule has 96 valence electrons. The predicted molar refractivity (Wildman–Crippen MR) is 72.3 cm³/mol. The summed E-state index contributed by atoms with van der Waals surface area (Å²) in [6.07, 6.45) is 7.72. The molecule has 4 heteroatoms. The van der Waals surface area contributed by atoms with E-state index in [0.29, 0.717) is 6.04 Å². The Balaban J connectivity index is 2.02. The predicted octanol–water partition coefficient (Wildman–Crippen LogP) is 3.33. The topological polar surface area (TPSA) is 37.8 Å². The summed E-state index contributed by atoms with van der Waals surface area (Å²) < 4.78 is 4.12. The number of hydrogen-bond donors (Lipinski definition) is 1. The number of rotatable bonds is 7. The Morgan fingerprint density at radius 1 is 1.41 bits per heavy atom. The molecule has 1 heterocycles. The minimum Gasteiger partial charge on any atom is -0.309 e. The lowest BCUT2D eigenvalue weighted by atomic mass is 9.80. The second-order valence-corrected chi connectivity index (χ2v) is 5.76. The highest BCUT2D eigenvalue weighted by Gasteiger charge is 2.25. The number of aromatic nitrogens is 2. The number of aryl methyl sites for hydroxylation is 1. The van der Waals surface area contributed by atoms with Crippen LogP contribution in [0.5, 0.6) is 0 Å². The standard InChI is InChI=1S/C13H23N3S/c1-3-8-14-12(9-10-6-5-7-10)13-11(4-2)15-16-17-13/h10,12,14H,3-9H2,1-2H3. The summed E-state index contributed by atoms with van der Waals surface area (Å²) in [5.41, 5.74) is 1.20. The SMILES string of the molecule is CCCNC(CC1CCC1)c1snnc1CC. The first-order valence-electron chi connectivity index (χ1n) is 6.89. The van der Waals surface area contributed by atoms with Gasteiger partial charge in [0.2, 0.25) is 0 Å². The van der Waals surface area contributed by atoms with Crippen LogP contribution in [-0.4, -0.2) is 16.1 Å². The van der Waals surface area contributed by atoms with E-state index in [0.717, 1.165) is 18.9 Å². The quantitative estimate of drug-likeness (QED) is 0.810. The molecule has 1 aromatic rings. The summed E-state index contributed by atoms with van der Waals surface area (Å²) in [4.78, 5) is 1.38. The highest BCUT2D eigenvalue weighted by molar-refractivity contribution is 7.05. The Morgan fingerprint density at radius 2 is 2.24 bits per heavy atom. The molecule has 17 heavy (non-hydrogen) atoms. The van der Waals surface area contributed by atoms with Crippen LogP contribution in [0, 0.1) is 5.92 Å². The highest BCUT2D eigenvalue weighted by Crippen LogP contribution is 2.36. The molecule has 0 aromatic carbocycles. The largest absolute Gasteiger partial charge is 0.309 e. The molecule has 1 saturated carbocycles. The zero-order valence-electron chi connectivity index (χ0n) is 10.9. The number of nitrogens with one attached hydrogen (secondary N) is 1. The van der Waals surface area contributed by atoms with Gasteiger partial charge in [0.1, 0.15) is 0 Å². The van der Waals surface area contributed by atoms with Crippen LogP contribution in [0.1, 0.15) is 62.6 Å². The Bertz CT molecular complexity index is 333. The molecule has 0 radical (unpaired) electrons. The molecular formula is C13H23N3S. The fourth-order valence-electron chi connectivity index (χ4n) is 2.39. The number of hydrogen-bond acceptors (Lipinski definition) is 4. The normalized spacial score (nSPS) is 18.0. The first-order chi connectivity index (χ1) is 8.35. The van der Waals surface area contributed by atoms with Gasteiger partial charge in [0.15, 0.2) is 0 Å². The zero-order valence-corrected chi connectivity index (χ0v) is 11.7. The molecule has 3 nitrogen and oxygen atoms in total. The van der Waals surface area contributed by atoms with Crippen LogP contribution in [0.15, 0.2) is 0 Å². The average molecular weight is 253 g/mol. The van der Waals surface area contributed by atoms with Gasteiger partial charge in [-0.2, -0.15) is 0 Å². The minimum absolute atomic E-state index is 0.496. The van der Waals surface area contributed by atoms with E-state index in [1.54, 1.807) is 11.5 Å². The number of nitrogens with zero attached hydrogens (tertiary/aromatic N) is 2. The van der Waals surface area contributed by atoms with Crippen molar-refractivity contribution in [3.63, 3.8) is 0 Å². The van der Waals surface area contributed by atoms with Crippen LogP contribution in [-0.2, 0) is 6.42 Å². The van der Waals surface area contributed by atoms with Gasteiger partial charge in [-0.25, -0.2) is 0 Å². The highest BCUT2D eigenvalue weighted by atomic mass is 32.1. The Hall–Kier alpha value is -0.480. The van der Waals surface area contributed by atoms with Gasteiger partial charge in [-0.15, -0.1) is 5.10 Å². The molecule has 1 aromatic heterocycles. The first-order valence-corrected chi connectivity index (χ1v) is 7.67. The van der Waals surface area contributed by atoms with Gasteiger partial charge in [0.25, 0.3) is 0 Å². The maximum absolute atomic E-state index is 4.24. The van der Waals surface area contributed by atoms with Gasteiger partial charge in [-0.05, 0) is 43.3 Å². The fraction of sp³-hybridized carbons (Fsp3) is 0.846. The van der Waals surface area contributed by atoms with E-state index in [1.165, 1.54) is 42.7 Å². The molecule has 0 bridgehead atoms. The van der Waals surface area contributed by atoms with Gasteiger partial charge < -0.3 is 5.32 Å². The lowest BCUT2D eigenvalue weighted by Crippen LogP contribution is -2.26. The van der Waals surface area contributed by atoms with Crippen molar-refractivity contribution in [3.8, 4) is 0 Å². The van der Waals surface area contributed by atoms with Gasteiger partial charge in [-0.1, -0.05) is 37.6 Å². The fourth-order valence-corrected chi connectivity index (χ4v) is 3.21. The van der Waals surface area contributed by atoms with E-state index in [2.05, 4.69) is 28.8 Å². The second-order valence-electron chi connectivity index (χ2n) is 4.98. The molecule has 0 spiro atoms. The van der Waals surface area contributed by atoms with Gasteiger partial charge in [0, 0.05) is 6.04 Å². The van der Waals surface area contributed by atoms with Gasteiger partial charge in [0.05, 0.1) is 10.6 Å². The van der Waals surface area contributed by atoms with Crippen molar-refractivity contribution in [3.05, 3.63) is 10.6 Å². The average Bonchev–Trinajstić information content (AvgIpc) is 2.75. The smallest absolute Gasteiger partial charge is 0.0800 e. The van der Waals surface area contributed by atoms with Crippen LogP contribution in [0.3, 0.4) is 0 Å². The molecule has 0 saturated heterocycles. The van der Waals surface area contributed by atoms with E-state index in [1.807, 2.05) is 0 Å². The van der Waals surface area contributed by atoms with Crippen LogP contribution < -0.4 is 5.32 Å². The molecule has 0 amide bonds. The summed E-state index contributed by atoms with van der Waals surface area (Å²) in [7, 11) is 0. The molecular weight excluding hydrogens is 230 g/mol. The summed E-state index contributed by atoms with van der Waals surface area (Å²) in [5, 5.41) is 7.92. The van der Waals surface area contributed by atoms with E-state index in [4.69, 9.17) is 0 Å². The van der Waals surface area contributed by atoms with Crippen LogP contribution in [0.2, 0.25) is 0 Å². The summed E-state index contributed by atoms with van der Waals surface area (Å²) in [6, 6.07) is 0.496. The molecule has 1 unspecified atom stereocenters. The van der Waals surface area contributed by atoms with Crippen molar-refractivity contribution in [2.24, 2.45) is 5.92 Å². The lowest BCUT2D eigenvalue weighted by molar-refractivity contribution is 0.262. The van der Waals surface area contributed by atoms with Gasteiger partial charge >= 0.3 is 0 Å². The Morgan fingerprint density at radius 3 is 2.82 bits per heavy atom. The van der Waals surface area contributed by atoms with Crippen LogP contribution in [0.4, 0.5) is 0 Å². The molecule has 1 atom stereocenters. The van der Waals surface area contributed by atoms with E-state index in [-0.39, 0.29) is 0 Å². The van der Waals surface area contributed by atoms with Gasteiger partial charge in [-0.3, -0.25) is 0 Å². The summed E-state index contributed by atoms with van der Waals surface area (Å²) in [5.74, 6) is 0.927. The van der Waals surface area contributed by atoms with Crippen molar-refractivity contribution in [1.29, 1.82) is 0 Å². The molecule has 0 aliphatic heterocycles. The molecule has 2 rings (SSSR count). The van der Waals surface area contributed by atoms with Crippen molar-refractivity contribution in [1.82, 2.24) is 14.9 Å². The maximum atomic E-state index is 4.24. The van der Waals surface area contributed by atoms with Crippen LogP contribution in [0.25, 0.3) is 0 Å². The van der Waals surface area contributed by atoms with Crippen LogP contribution >= 0.6 is 11.5 Å². The second kappa shape index (κ2) is 6.45. The molecule has 1 fully saturated rings. The molecule has 1 N–H and O–H groups in total. The first kappa shape index (κ1) is 13.0. The van der Waals surface area contributed by atoms with Crippen molar-refractivity contribution >= 4 is 11.5 Å². The molecule has 1 aliphatic carbocycles. The Labute approximate surface area is 108 Å². The Kier molecular flexibility index (Phi) is 4.92. The lowest BCUT2D eigenvalue weighted by Gasteiger charge is -2.29. The van der Waals surface area contributed by atoms with Crippen molar-refractivity contribution in [2.45, 2.75) is 58.4 Å². The van der Waals surface area contributed by atoms with E-state index < -0.39 is 0 Å². The third kappa shape index (κ3) is 3.26. The van der Waals surface area contributed by atoms with E-state index >= 15 is 0 Å². The van der Waals surface area contributed by atoms with E-state index in [9.17, 15) is 0 Å². The third-order valence-electron chi connectivity index (χ3n) is 3.67.